The SMILES string of the molecule is CC[C@@H](CO)n1cc(C)c(=O)c2cc(Cc3cccc(Cl)c3F)c(F)cc21. The molecule has 1 aromatic heterocycles. The molecule has 0 fully saturated rings. The monoisotopic (exact) mass is 391 g/mol. The standard InChI is InChI=1S/C21H20ClF2NO2/c1-3-15(11-26)25-10-12(2)21(27)16-8-14(18(23)9-19(16)25)7-13-5-4-6-17(22)20(13)24/h4-6,8-10,15,26H,3,7,11H2,1-2H3/t15-/m0/s1. The van der Waals surface area contributed by atoms with Gasteiger partial charge < -0.3 is 9.67 Å². The van der Waals surface area contributed by atoms with Crippen molar-refractivity contribution in [1.29, 1.82) is 0 Å². The van der Waals surface area contributed by atoms with Gasteiger partial charge in [0.2, 0.25) is 0 Å². The summed E-state index contributed by atoms with van der Waals surface area (Å²) in [6, 6.07) is 7.07. The number of aliphatic hydroxyl groups is 1. The Kier molecular flexibility index (Phi) is 5.63. The van der Waals surface area contributed by atoms with Crippen molar-refractivity contribution in [3.8, 4) is 0 Å². The lowest BCUT2D eigenvalue weighted by Crippen LogP contribution is -2.19. The molecule has 3 nitrogen and oxygen atoms in total. The Morgan fingerprint density at radius 1 is 1.22 bits per heavy atom. The average Bonchev–Trinajstić information content (AvgIpc) is 2.65. The van der Waals surface area contributed by atoms with Gasteiger partial charge >= 0.3 is 0 Å². The second kappa shape index (κ2) is 7.79. The molecule has 0 saturated heterocycles. The second-order valence-electron chi connectivity index (χ2n) is 6.64. The summed E-state index contributed by atoms with van der Waals surface area (Å²) < 4.78 is 30.7. The van der Waals surface area contributed by atoms with Crippen molar-refractivity contribution >= 4 is 22.5 Å². The van der Waals surface area contributed by atoms with Crippen molar-refractivity contribution in [3.63, 3.8) is 0 Å². The third kappa shape index (κ3) is 3.62. The fraction of sp³-hybridized carbons (Fsp3) is 0.286. The first-order chi connectivity index (χ1) is 12.9. The van der Waals surface area contributed by atoms with Crippen LogP contribution in [0.1, 0.15) is 36.1 Å². The fourth-order valence-corrected chi connectivity index (χ4v) is 3.49. The Morgan fingerprint density at radius 3 is 2.63 bits per heavy atom. The Balaban J connectivity index is 2.20. The molecule has 0 aliphatic heterocycles. The number of pyridine rings is 1. The Hall–Kier alpha value is -2.24. The van der Waals surface area contributed by atoms with E-state index in [0.717, 1.165) is 0 Å². The average molecular weight is 392 g/mol. The highest BCUT2D eigenvalue weighted by Gasteiger charge is 2.17. The minimum Gasteiger partial charge on any atom is -0.394 e. The van der Waals surface area contributed by atoms with Crippen molar-refractivity contribution in [1.82, 2.24) is 4.57 Å². The van der Waals surface area contributed by atoms with E-state index >= 15 is 0 Å². The van der Waals surface area contributed by atoms with Crippen molar-refractivity contribution < 1.29 is 13.9 Å². The third-order valence-electron chi connectivity index (χ3n) is 4.87. The molecule has 0 bridgehead atoms. The van der Waals surface area contributed by atoms with Crippen LogP contribution >= 0.6 is 11.6 Å². The lowest BCUT2D eigenvalue weighted by atomic mass is 10.0. The number of halogens is 3. The van der Waals surface area contributed by atoms with Gasteiger partial charge in [-0.15, -0.1) is 0 Å². The Bertz CT molecular complexity index is 1060. The molecule has 3 rings (SSSR count). The van der Waals surface area contributed by atoms with Crippen LogP contribution in [-0.2, 0) is 6.42 Å². The van der Waals surface area contributed by atoms with Crippen LogP contribution in [0.25, 0.3) is 10.9 Å². The molecule has 1 atom stereocenters. The van der Waals surface area contributed by atoms with E-state index in [1.807, 2.05) is 6.92 Å². The number of benzene rings is 2. The first-order valence-electron chi connectivity index (χ1n) is 8.75. The summed E-state index contributed by atoms with van der Waals surface area (Å²) in [4.78, 5) is 12.6. The van der Waals surface area contributed by atoms with Gasteiger partial charge in [0.05, 0.1) is 23.2 Å². The van der Waals surface area contributed by atoms with Crippen LogP contribution in [0.2, 0.25) is 5.02 Å². The van der Waals surface area contributed by atoms with E-state index in [0.29, 0.717) is 22.9 Å². The molecule has 0 amide bonds. The Labute approximate surface area is 160 Å². The topological polar surface area (TPSA) is 42.2 Å². The predicted octanol–water partition coefficient (Wildman–Crippen LogP) is 4.78. The van der Waals surface area contributed by atoms with Gasteiger partial charge in [-0.2, -0.15) is 0 Å². The van der Waals surface area contributed by atoms with Gasteiger partial charge in [0.15, 0.2) is 5.43 Å². The summed E-state index contributed by atoms with van der Waals surface area (Å²) in [5.41, 5.74) is 1.19. The number of aliphatic hydroxyl groups excluding tert-OH is 1. The Morgan fingerprint density at radius 2 is 1.96 bits per heavy atom. The molecule has 0 aliphatic rings. The van der Waals surface area contributed by atoms with E-state index in [9.17, 15) is 18.7 Å². The van der Waals surface area contributed by atoms with Crippen molar-refractivity contribution in [2.75, 3.05) is 6.61 Å². The first kappa shape index (κ1) is 19.5. The maximum Gasteiger partial charge on any atom is 0.192 e. The van der Waals surface area contributed by atoms with Crippen LogP contribution in [0.4, 0.5) is 8.78 Å². The highest BCUT2D eigenvalue weighted by Crippen LogP contribution is 2.26. The number of rotatable bonds is 5. The normalized spacial score (nSPS) is 12.5. The number of aryl methyl sites for hydroxylation is 1. The molecule has 6 heteroatoms. The van der Waals surface area contributed by atoms with Crippen LogP contribution in [0.5, 0.6) is 0 Å². The molecule has 3 aromatic rings. The van der Waals surface area contributed by atoms with Gasteiger partial charge in [-0.1, -0.05) is 30.7 Å². The van der Waals surface area contributed by atoms with E-state index in [2.05, 4.69) is 0 Å². The maximum atomic E-state index is 14.8. The molecular formula is C21H20ClF2NO2. The van der Waals surface area contributed by atoms with E-state index in [1.165, 1.54) is 24.3 Å². The minimum absolute atomic E-state index is 0.0151. The van der Waals surface area contributed by atoms with Gasteiger partial charge in [-0.05, 0) is 42.7 Å². The fourth-order valence-electron chi connectivity index (χ4n) is 3.29. The minimum atomic E-state index is -0.591. The van der Waals surface area contributed by atoms with E-state index < -0.39 is 11.6 Å². The highest BCUT2D eigenvalue weighted by molar-refractivity contribution is 6.30. The zero-order chi connectivity index (χ0) is 19.7. The van der Waals surface area contributed by atoms with Crippen LogP contribution in [0.15, 0.2) is 41.3 Å². The third-order valence-corrected chi connectivity index (χ3v) is 5.16. The molecule has 142 valence electrons. The molecule has 0 spiro atoms. The zero-order valence-electron chi connectivity index (χ0n) is 15.1. The summed E-state index contributed by atoms with van der Waals surface area (Å²) in [5.74, 6) is -1.13. The van der Waals surface area contributed by atoms with Gasteiger partial charge in [0, 0.05) is 23.6 Å². The number of hydrogen-bond acceptors (Lipinski definition) is 2. The lowest BCUT2D eigenvalue weighted by molar-refractivity contribution is 0.227. The second-order valence-corrected chi connectivity index (χ2v) is 7.05. The first-order valence-corrected chi connectivity index (χ1v) is 9.12. The molecule has 0 radical (unpaired) electrons. The van der Waals surface area contributed by atoms with E-state index in [1.54, 1.807) is 23.8 Å². The molecule has 27 heavy (non-hydrogen) atoms. The van der Waals surface area contributed by atoms with E-state index in [-0.39, 0.29) is 40.6 Å². The summed E-state index contributed by atoms with van der Waals surface area (Å²) in [6.07, 6.45) is 2.26. The highest BCUT2D eigenvalue weighted by atomic mass is 35.5. The summed E-state index contributed by atoms with van der Waals surface area (Å²) >= 11 is 5.80. The van der Waals surface area contributed by atoms with Gasteiger partial charge in [-0.3, -0.25) is 4.79 Å². The van der Waals surface area contributed by atoms with Crippen molar-refractivity contribution in [3.05, 3.63) is 80.1 Å². The lowest BCUT2D eigenvalue weighted by Gasteiger charge is -2.21. The number of hydrogen-bond donors (Lipinski definition) is 1. The maximum absolute atomic E-state index is 14.8. The van der Waals surface area contributed by atoms with Crippen LogP contribution in [0, 0.1) is 18.6 Å². The number of nitrogens with zero attached hydrogens (tertiary/aromatic N) is 1. The number of fused-ring (bicyclic) bond motifs is 1. The molecule has 2 aromatic carbocycles. The van der Waals surface area contributed by atoms with Gasteiger partial charge in [0.25, 0.3) is 0 Å². The smallest absolute Gasteiger partial charge is 0.192 e. The summed E-state index contributed by atoms with van der Waals surface area (Å²) in [6.45, 7) is 3.47. The van der Waals surface area contributed by atoms with Crippen molar-refractivity contribution in [2.45, 2.75) is 32.7 Å². The zero-order valence-corrected chi connectivity index (χ0v) is 15.9. The summed E-state index contributed by atoms with van der Waals surface area (Å²) in [7, 11) is 0. The summed E-state index contributed by atoms with van der Waals surface area (Å²) in [5, 5.41) is 9.95. The quantitative estimate of drug-likeness (QED) is 0.680. The van der Waals surface area contributed by atoms with Crippen molar-refractivity contribution in [2.24, 2.45) is 0 Å². The molecule has 0 unspecified atom stereocenters. The van der Waals surface area contributed by atoms with E-state index in [4.69, 9.17) is 11.6 Å². The predicted molar refractivity (Wildman–Crippen MR) is 104 cm³/mol. The van der Waals surface area contributed by atoms with Gasteiger partial charge in [0.1, 0.15) is 11.6 Å². The number of aromatic nitrogens is 1. The molecule has 0 saturated carbocycles. The van der Waals surface area contributed by atoms with Gasteiger partial charge in [-0.25, -0.2) is 8.78 Å². The van der Waals surface area contributed by atoms with Crippen LogP contribution in [0.3, 0.4) is 0 Å². The van der Waals surface area contributed by atoms with Crippen LogP contribution < -0.4 is 5.43 Å². The molecule has 0 aliphatic carbocycles. The van der Waals surface area contributed by atoms with Crippen LogP contribution in [-0.4, -0.2) is 16.3 Å². The molecule has 1 heterocycles. The molecular weight excluding hydrogens is 372 g/mol. The molecule has 1 N–H and O–H groups in total. The largest absolute Gasteiger partial charge is 0.394 e.